The molecule has 0 saturated heterocycles. The van der Waals surface area contributed by atoms with E-state index < -0.39 is 0 Å². The van der Waals surface area contributed by atoms with Crippen molar-refractivity contribution in [2.45, 2.75) is 13.0 Å². The number of thiazole rings is 1. The molecule has 108 valence electrons. The SMILES string of the molecule is CC(N)c1nc(-c2nc(-c3ccc(F)c(Br)c3)no2)cs1. The highest BCUT2D eigenvalue weighted by atomic mass is 79.9. The molecule has 1 unspecified atom stereocenters. The van der Waals surface area contributed by atoms with E-state index in [0.717, 1.165) is 5.01 Å². The smallest absolute Gasteiger partial charge is 0.277 e. The fourth-order valence-electron chi connectivity index (χ4n) is 1.67. The van der Waals surface area contributed by atoms with Crippen LogP contribution in [0.3, 0.4) is 0 Å². The van der Waals surface area contributed by atoms with Gasteiger partial charge in [-0.05, 0) is 41.1 Å². The van der Waals surface area contributed by atoms with Gasteiger partial charge in [0.25, 0.3) is 5.89 Å². The number of nitrogens with zero attached hydrogens (tertiary/aromatic N) is 3. The van der Waals surface area contributed by atoms with Crippen LogP contribution in [0.25, 0.3) is 23.0 Å². The van der Waals surface area contributed by atoms with Gasteiger partial charge in [-0.15, -0.1) is 11.3 Å². The summed E-state index contributed by atoms with van der Waals surface area (Å²) < 4.78 is 18.8. The first kappa shape index (κ1) is 14.3. The molecule has 0 aliphatic carbocycles. The molecule has 1 aromatic carbocycles. The topological polar surface area (TPSA) is 77.8 Å². The summed E-state index contributed by atoms with van der Waals surface area (Å²) in [5.41, 5.74) is 7.02. The molecule has 2 aromatic heterocycles. The first-order valence-electron chi connectivity index (χ1n) is 6.05. The maximum atomic E-state index is 13.2. The molecule has 8 heteroatoms. The van der Waals surface area contributed by atoms with Gasteiger partial charge >= 0.3 is 0 Å². The van der Waals surface area contributed by atoms with Crippen LogP contribution in [0.5, 0.6) is 0 Å². The van der Waals surface area contributed by atoms with Crippen LogP contribution < -0.4 is 5.73 Å². The summed E-state index contributed by atoms with van der Waals surface area (Å²) in [7, 11) is 0. The summed E-state index contributed by atoms with van der Waals surface area (Å²) in [4.78, 5) is 8.62. The second-order valence-corrected chi connectivity index (χ2v) is 6.16. The van der Waals surface area contributed by atoms with Crippen LogP contribution in [-0.4, -0.2) is 15.1 Å². The molecule has 0 aliphatic rings. The first-order valence-corrected chi connectivity index (χ1v) is 7.72. The number of halogens is 2. The molecule has 2 N–H and O–H groups in total. The van der Waals surface area contributed by atoms with Crippen molar-refractivity contribution in [3.63, 3.8) is 0 Å². The van der Waals surface area contributed by atoms with Crippen LogP contribution in [0.15, 0.2) is 32.6 Å². The third kappa shape index (κ3) is 2.87. The lowest BCUT2D eigenvalue weighted by atomic mass is 10.2. The van der Waals surface area contributed by atoms with E-state index in [4.69, 9.17) is 10.3 Å². The Hall–Kier alpha value is -1.64. The predicted octanol–water partition coefficient (Wildman–Crippen LogP) is 3.78. The third-order valence-corrected chi connectivity index (χ3v) is 4.39. The van der Waals surface area contributed by atoms with Crippen LogP contribution in [-0.2, 0) is 0 Å². The van der Waals surface area contributed by atoms with Gasteiger partial charge in [0.05, 0.1) is 10.5 Å². The molecule has 0 bridgehead atoms. The number of hydrogen-bond acceptors (Lipinski definition) is 6. The summed E-state index contributed by atoms with van der Waals surface area (Å²) in [6.45, 7) is 1.86. The van der Waals surface area contributed by atoms with E-state index in [9.17, 15) is 4.39 Å². The Morgan fingerprint density at radius 3 is 2.86 bits per heavy atom. The summed E-state index contributed by atoms with van der Waals surface area (Å²) in [6.07, 6.45) is 0. The molecule has 2 heterocycles. The molecule has 1 atom stereocenters. The lowest BCUT2D eigenvalue weighted by molar-refractivity contribution is 0.431. The van der Waals surface area contributed by atoms with Gasteiger partial charge in [-0.25, -0.2) is 9.37 Å². The molecular weight excluding hydrogens is 359 g/mol. The third-order valence-electron chi connectivity index (χ3n) is 2.73. The van der Waals surface area contributed by atoms with Crippen LogP contribution in [0.2, 0.25) is 0 Å². The van der Waals surface area contributed by atoms with E-state index in [2.05, 4.69) is 31.1 Å². The fraction of sp³-hybridized carbons (Fsp3) is 0.154. The fourth-order valence-corrected chi connectivity index (χ4v) is 2.81. The predicted molar refractivity (Wildman–Crippen MR) is 81.1 cm³/mol. The van der Waals surface area contributed by atoms with Gasteiger partial charge in [0.2, 0.25) is 5.82 Å². The van der Waals surface area contributed by atoms with Crippen molar-refractivity contribution in [1.29, 1.82) is 0 Å². The number of benzene rings is 1. The van der Waals surface area contributed by atoms with E-state index in [1.54, 1.807) is 12.1 Å². The number of aromatic nitrogens is 3. The molecule has 5 nitrogen and oxygen atoms in total. The quantitative estimate of drug-likeness (QED) is 0.760. The molecule has 0 radical (unpaired) electrons. The summed E-state index contributed by atoms with van der Waals surface area (Å²) in [6, 6.07) is 4.38. The number of rotatable bonds is 3. The lowest BCUT2D eigenvalue weighted by Gasteiger charge is -1.96. The van der Waals surface area contributed by atoms with Crippen LogP contribution in [0.1, 0.15) is 18.0 Å². The molecule has 0 spiro atoms. The average molecular weight is 369 g/mol. The molecular formula is C13H10BrFN4OS. The van der Waals surface area contributed by atoms with Crippen LogP contribution in [0.4, 0.5) is 4.39 Å². The van der Waals surface area contributed by atoms with E-state index >= 15 is 0 Å². The molecule has 3 aromatic rings. The minimum atomic E-state index is -0.344. The van der Waals surface area contributed by atoms with E-state index in [-0.39, 0.29) is 11.9 Å². The average Bonchev–Trinajstić information content (AvgIpc) is 3.09. The monoisotopic (exact) mass is 368 g/mol. The molecule has 21 heavy (non-hydrogen) atoms. The zero-order chi connectivity index (χ0) is 15.0. The van der Waals surface area contributed by atoms with Crippen molar-refractivity contribution in [2.75, 3.05) is 0 Å². The Labute approximate surface area is 132 Å². The minimum absolute atomic E-state index is 0.140. The number of nitrogens with two attached hydrogens (primary N) is 1. The highest BCUT2D eigenvalue weighted by molar-refractivity contribution is 9.10. The van der Waals surface area contributed by atoms with Crippen molar-refractivity contribution >= 4 is 27.3 Å². The Morgan fingerprint density at radius 1 is 1.38 bits per heavy atom. The second kappa shape index (κ2) is 5.63. The van der Waals surface area contributed by atoms with Crippen molar-refractivity contribution in [3.8, 4) is 23.0 Å². The van der Waals surface area contributed by atoms with E-state index in [1.807, 2.05) is 12.3 Å². The van der Waals surface area contributed by atoms with Crippen molar-refractivity contribution in [3.05, 3.63) is 38.9 Å². The minimum Gasteiger partial charge on any atom is -0.332 e. The maximum Gasteiger partial charge on any atom is 0.277 e. The molecule has 3 rings (SSSR count). The molecule has 0 aliphatic heterocycles. The first-order chi connectivity index (χ1) is 10.0. The van der Waals surface area contributed by atoms with Gasteiger partial charge in [0, 0.05) is 10.9 Å². The highest BCUT2D eigenvalue weighted by Crippen LogP contribution is 2.27. The van der Waals surface area contributed by atoms with Gasteiger partial charge in [-0.1, -0.05) is 5.16 Å². The van der Waals surface area contributed by atoms with Crippen molar-refractivity contribution in [2.24, 2.45) is 5.73 Å². The second-order valence-electron chi connectivity index (χ2n) is 4.41. The van der Waals surface area contributed by atoms with Crippen molar-refractivity contribution in [1.82, 2.24) is 15.1 Å². The van der Waals surface area contributed by atoms with Gasteiger partial charge in [0.1, 0.15) is 16.5 Å². The molecule has 0 fully saturated rings. The normalized spacial score (nSPS) is 12.6. The Kier molecular flexibility index (Phi) is 3.83. The lowest BCUT2D eigenvalue weighted by Crippen LogP contribution is -2.03. The largest absolute Gasteiger partial charge is 0.332 e. The summed E-state index contributed by atoms with van der Waals surface area (Å²) in [5, 5.41) is 6.51. The van der Waals surface area contributed by atoms with Gasteiger partial charge in [-0.2, -0.15) is 4.98 Å². The van der Waals surface area contributed by atoms with E-state index in [0.29, 0.717) is 27.4 Å². The highest BCUT2D eigenvalue weighted by Gasteiger charge is 2.15. The Balaban J connectivity index is 1.93. The van der Waals surface area contributed by atoms with Crippen LogP contribution in [0, 0.1) is 5.82 Å². The van der Waals surface area contributed by atoms with Gasteiger partial charge in [0.15, 0.2) is 0 Å². The Morgan fingerprint density at radius 2 is 2.19 bits per heavy atom. The van der Waals surface area contributed by atoms with Crippen LogP contribution >= 0.6 is 27.3 Å². The zero-order valence-electron chi connectivity index (χ0n) is 10.9. The van der Waals surface area contributed by atoms with Crippen molar-refractivity contribution < 1.29 is 8.91 Å². The standard InChI is InChI=1S/C13H10BrFN4OS/c1-6(16)13-17-10(5-21-13)12-18-11(19-20-12)7-2-3-9(15)8(14)4-7/h2-6H,16H2,1H3. The maximum absolute atomic E-state index is 13.2. The zero-order valence-corrected chi connectivity index (χ0v) is 13.3. The van der Waals surface area contributed by atoms with Gasteiger partial charge in [-0.3, -0.25) is 0 Å². The molecule has 0 amide bonds. The number of hydrogen-bond donors (Lipinski definition) is 1. The Bertz CT molecular complexity index is 786. The van der Waals surface area contributed by atoms with Gasteiger partial charge < -0.3 is 10.3 Å². The van der Waals surface area contributed by atoms with E-state index in [1.165, 1.54) is 17.4 Å². The summed E-state index contributed by atoms with van der Waals surface area (Å²) >= 11 is 4.57. The summed E-state index contributed by atoms with van der Waals surface area (Å²) in [5.74, 6) is 0.346. The molecule has 0 saturated carbocycles.